The molecule has 0 spiro atoms. The topological polar surface area (TPSA) is 102 Å². The van der Waals surface area contributed by atoms with Gasteiger partial charge in [-0.1, -0.05) is 48.0 Å². The highest BCUT2D eigenvalue weighted by molar-refractivity contribution is 5.77. The molecule has 0 bridgehead atoms. The fourth-order valence-corrected chi connectivity index (χ4v) is 7.05. The summed E-state index contributed by atoms with van der Waals surface area (Å²) in [7, 11) is 0. The van der Waals surface area contributed by atoms with E-state index in [4.69, 9.17) is 4.74 Å². The smallest absolute Gasteiger partial charge is 0.337 e. The van der Waals surface area contributed by atoms with Gasteiger partial charge in [-0.05, 0) is 85.2 Å². The molecular weight excluding hydrogens is 609 g/mol. The Kier molecular flexibility index (Phi) is 9.21. The lowest BCUT2D eigenvalue weighted by Crippen LogP contribution is -2.44. The summed E-state index contributed by atoms with van der Waals surface area (Å²) < 4.78 is 22.8. The van der Waals surface area contributed by atoms with Crippen LogP contribution in [0.2, 0.25) is 0 Å². The number of aryl methyl sites for hydroxylation is 1. The number of aromatic hydroxyl groups is 1. The molecule has 3 aromatic carbocycles. The van der Waals surface area contributed by atoms with Crippen LogP contribution in [0.15, 0.2) is 88.6 Å². The minimum absolute atomic E-state index is 0.0669. The largest absolute Gasteiger partial charge is 0.508 e. The highest BCUT2D eigenvalue weighted by Crippen LogP contribution is 2.31. The van der Waals surface area contributed by atoms with Gasteiger partial charge in [0.25, 0.3) is 5.56 Å². The number of nitrogens with one attached hydrogen (secondary N) is 1. The lowest BCUT2D eigenvalue weighted by molar-refractivity contribution is 0.0342. The number of ether oxygens (including phenoxy) is 1. The Morgan fingerprint density at radius 3 is 2.50 bits per heavy atom. The summed E-state index contributed by atoms with van der Waals surface area (Å²) in [6, 6.07) is 22.4. The Balaban J connectivity index is 1.22. The van der Waals surface area contributed by atoms with E-state index in [1.165, 1.54) is 26.3 Å². The molecule has 10 heteroatoms. The van der Waals surface area contributed by atoms with Gasteiger partial charge < -0.3 is 15.2 Å². The monoisotopic (exact) mass is 649 g/mol. The number of phenols is 1. The quantitative estimate of drug-likeness (QED) is 0.230. The van der Waals surface area contributed by atoms with Gasteiger partial charge in [-0.15, -0.1) is 0 Å². The molecule has 48 heavy (non-hydrogen) atoms. The summed E-state index contributed by atoms with van der Waals surface area (Å²) in [4.78, 5) is 34.7. The lowest BCUT2D eigenvalue weighted by Gasteiger charge is -2.30. The first kappa shape index (κ1) is 31.9. The molecule has 0 amide bonds. The zero-order valence-corrected chi connectivity index (χ0v) is 27.1. The van der Waals surface area contributed by atoms with Gasteiger partial charge in [-0.25, -0.2) is 18.7 Å². The van der Waals surface area contributed by atoms with E-state index < -0.39 is 17.1 Å². The molecule has 5 aromatic rings. The van der Waals surface area contributed by atoms with Crippen LogP contribution >= 0.6 is 0 Å². The Morgan fingerprint density at radius 1 is 0.958 bits per heavy atom. The maximum Gasteiger partial charge on any atom is 0.337 e. The van der Waals surface area contributed by atoms with Crippen molar-refractivity contribution in [2.75, 3.05) is 26.3 Å². The van der Waals surface area contributed by atoms with E-state index in [0.29, 0.717) is 38.3 Å². The van der Waals surface area contributed by atoms with Crippen LogP contribution in [0.25, 0.3) is 27.8 Å². The second-order valence-corrected chi connectivity index (χ2v) is 13.0. The van der Waals surface area contributed by atoms with Crippen LogP contribution in [-0.4, -0.2) is 56.5 Å². The van der Waals surface area contributed by atoms with E-state index in [1.54, 1.807) is 18.2 Å². The van der Waals surface area contributed by atoms with Gasteiger partial charge in [-0.3, -0.25) is 14.3 Å². The van der Waals surface area contributed by atoms with Crippen LogP contribution in [0.5, 0.6) is 5.75 Å². The van der Waals surface area contributed by atoms with Gasteiger partial charge >= 0.3 is 5.69 Å². The number of rotatable bonds is 8. The van der Waals surface area contributed by atoms with Gasteiger partial charge in [0.05, 0.1) is 30.5 Å². The number of aromatic nitrogens is 3. The van der Waals surface area contributed by atoms with Crippen molar-refractivity contribution in [2.45, 2.75) is 57.8 Å². The van der Waals surface area contributed by atoms with Crippen LogP contribution < -0.4 is 16.6 Å². The molecule has 7 rings (SSSR count). The van der Waals surface area contributed by atoms with Gasteiger partial charge in [0, 0.05) is 38.3 Å². The first-order chi connectivity index (χ1) is 23.3. The molecule has 0 radical (unpaired) electrons. The third-order valence-electron chi connectivity index (χ3n) is 9.67. The molecule has 248 valence electrons. The molecule has 2 N–H and O–H groups in total. The van der Waals surface area contributed by atoms with Crippen molar-refractivity contribution in [3.8, 4) is 22.6 Å². The summed E-state index contributed by atoms with van der Waals surface area (Å²) in [6.07, 6.45) is 3.95. The zero-order chi connectivity index (χ0) is 33.2. The lowest BCUT2D eigenvalue weighted by atomic mass is 9.90. The number of hydrogen-bond donors (Lipinski definition) is 2. The average molecular weight is 650 g/mol. The van der Waals surface area contributed by atoms with Gasteiger partial charge in [0.15, 0.2) is 5.65 Å². The molecule has 2 aromatic heterocycles. The van der Waals surface area contributed by atoms with E-state index in [0.717, 1.165) is 55.4 Å². The van der Waals surface area contributed by atoms with Gasteiger partial charge in [0.2, 0.25) is 0 Å². The van der Waals surface area contributed by atoms with Crippen LogP contribution in [0, 0.1) is 12.7 Å². The van der Waals surface area contributed by atoms with E-state index in [9.17, 15) is 19.1 Å². The fourth-order valence-electron chi connectivity index (χ4n) is 7.05. The van der Waals surface area contributed by atoms with E-state index >= 15 is 0 Å². The molecule has 1 saturated heterocycles. The van der Waals surface area contributed by atoms with Crippen molar-refractivity contribution >= 4 is 11.0 Å². The van der Waals surface area contributed by atoms with Crippen molar-refractivity contribution in [3.63, 3.8) is 0 Å². The molecule has 1 aliphatic carbocycles. The van der Waals surface area contributed by atoms with E-state index in [2.05, 4.69) is 46.4 Å². The third kappa shape index (κ3) is 6.69. The second-order valence-electron chi connectivity index (χ2n) is 13.0. The number of fused-ring (bicyclic) bond motifs is 1. The third-order valence-corrected chi connectivity index (χ3v) is 9.67. The maximum atomic E-state index is 14.5. The first-order valence-corrected chi connectivity index (χ1v) is 16.7. The predicted molar refractivity (Wildman–Crippen MR) is 184 cm³/mol. The van der Waals surface area contributed by atoms with E-state index in [1.807, 2.05) is 24.3 Å². The average Bonchev–Trinajstić information content (AvgIpc) is 3.10. The minimum atomic E-state index is -0.633. The first-order valence-electron chi connectivity index (χ1n) is 16.7. The molecule has 0 unspecified atom stereocenters. The number of phenolic OH excluding ortho intramolecular Hbond substituents is 1. The van der Waals surface area contributed by atoms with Crippen molar-refractivity contribution in [2.24, 2.45) is 0 Å². The maximum absolute atomic E-state index is 14.5. The number of hydrogen-bond acceptors (Lipinski definition) is 7. The van der Waals surface area contributed by atoms with Crippen molar-refractivity contribution in [1.82, 2.24) is 24.3 Å². The number of nitrogens with zero attached hydrogens (tertiary/aromatic N) is 4. The normalized spacial score (nSPS) is 18.7. The molecule has 2 fully saturated rings. The molecule has 9 nitrogen and oxygen atoms in total. The van der Waals surface area contributed by atoms with Crippen molar-refractivity contribution in [3.05, 3.63) is 122 Å². The highest BCUT2D eigenvalue weighted by Gasteiger charge is 2.27. The Hall–Kier alpha value is -4.64. The molecule has 3 heterocycles. The second kappa shape index (κ2) is 13.8. The molecule has 1 saturated carbocycles. The summed E-state index contributed by atoms with van der Waals surface area (Å²) in [5.74, 6) is -0.454. The van der Waals surface area contributed by atoms with Crippen LogP contribution in [0.3, 0.4) is 0 Å². The van der Waals surface area contributed by atoms with Crippen molar-refractivity contribution in [1.29, 1.82) is 0 Å². The SMILES string of the molecule is Cc1ccc(CN[C@H]2CC[C@@H](n3c(=O)c4cc(F)cnc4n(-c4cccc(-c5ccc(O)cc5CN5CCOCC5)c4)c3=O)CC2)cc1. The molecule has 2 aliphatic rings. The number of pyridine rings is 1. The predicted octanol–water partition coefficient (Wildman–Crippen LogP) is 5.47. The molecular formula is C38H40FN5O4. The Bertz CT molecular complexity index is 2040. The summed E-state index contributed by atoms with van der Waals surface area (Å²) in [6.45, 7) is 6.38. The van der Waals surface area contributed by atoms with Crippen LogP contribution in [0.4, 0.5) is 4.39 Å². The van der Waals surface area contributed by atoms with Crippen molar-refractivity contribution < 1.29 is 14.2 Å². The Morgan fingerprint density at radius 2 is 1.73 bits per heavy atom. The zero-order valence-electron chi connectivity index (χ0n) is 27.1. The summed E-state index contributed by atoms with van der Waals surface area (Å²) in [5, 5.41) is 14.0. The number of benzene rings is 3. The standard InChI is InChI=1S/C38H40FN5O4/c1-25-5-7-26(8-6-25)22-40-30-9-11-31(12-10-30)44-37(46)35-21-29(39)23-41-36(35)43(38(44)47)32-4-2-3-27(19-32)34-14-13-33(45)20-28(34)24-42-15-17-48-18-16-42/h2-8,13-14,19-21,23,30-31,40,45H,9-12,15-18,22,24H2,1H3/t30-,31+. The van der Waals surface area contributed by atoms with Gasteiger partial charge in [-0.2, -0.15) is 0 Å². The van der Waals surface area contributed by atoms with Crippen LogP contribution in [0.1, 0.15) is 48.4 Å². The molecule has 0 atom stereocenters. The number of halogens is 1. The highest BCUT2D eigenvalue weighted by atomic mass is 19.1. The fraction of sp³-hybridized carbons (Fsp3) is 0.342. The summed E-state index contributed by atoms with van der Waals surface area (Å²) in [5.41, 5.74) is 4.79. The van der Waals surface area contributed by atoms with E-state index in [-0.39, 0.29) is 28.9 Å². The summed E-state index contributed by atoms with van der Waals surface area (Å²) >= 11 is 0. The Labute approximate surface area is 278 Å². The minimum Gasteiger partial charge on any atom is -0.508 e. The van der Waals surface area contributed by atoms with Crippen LogP contribution in [-0.2, 0) is 17.8 Å². The number of morpholine rings is 1. The molecule has 1 aliphatic heterocycles. The van der Waals surface area contributed by atoms with Gasteiger partial charge in [0.1, 0.15) is 11.6 Å².